The van der Waals surface area contributed by atoms with Crippen molar-refractivity contribution in [2.24, 2.45) is 0 Å². The van der Waals surface area contributed by atoms with E-state index in [0.29, 0.717) is 17.2 Å². The number of benzene rings is 2. The summed E-state index contributed by atoms with van der Waals surface area (Å²) in [4.78, 5) is 22.4. The van der Waals surface area contributed by atoms with Gasteiger partial charge >= 0.3 is 0 Å². The van der Waals surface area contributed by atoms with E-state index in [9.17, 15) is 4.79 Å². The standard InChI is InChI=1S/C23H21N3O3S2/c1-14-4-6-15(7-5-14)17-11-30-22-21(17)23(25-13-24-22)31-12-20(27)26-18-9-8-16(28-2)10-19(18)29-3/h4-11,13H,12H2,1-3H3,(H,26,27). The van der Waals surface area contributed by atoms with Gasteiger partial charge in [-0.1, -0.05) is 41.6 Å². The Bertz CT molecular complexity index is 1220. The van der Waals surface area contributed by atoms with Gasteiger partial charge in [-0.25, -0.2) is 9.97 Å². The summed E-state index contributed by atoms with van der Waals surface area (Å²) in [6.07, 6.45) is 1.55. The summed E-state index contributed by atoms with van der Waals surface area (Å²) in [5, 5.41) is 6.76. The number of amides is 1. The molecule has 0 spiro atoms. The molecule has 1 amide bonds. The summed E-state index contributed by atoms with van der Waals surface area (Å²) >= 11 is 2.97. The molecular formula is C23H21N3O3S2. The zero-order valence-corrected chi connectivity index (χ0v) is 19.0. The number of ether oxygens (including phenoxy) is 2. The summed E-state index contributed by atoms with van der Waals surface area (Å²) < 4.78 is 10.6. The van der Waals surface area contributed by atoms with Crippen LogP contribution in [0.2, 0.25) is 0 Å². The quantitative estimate of drug-likeness (QED) is 0.299. The Morgan fingerprint density at radius 1 is 1.10 bits per heavy atom. The summed E-state index contributed by atoms with van der Waals surface area (Å²) in [7, 11) is 3.14. The minimum atomic E-state index is -0.146. The molecule has 0 aliphatic carbocycles. The minimum Gasteiger partial charge on any atom is -0.497 e. The molecule has 4 rings (SSSR count). The van der Waals surface area contributed by atoms with Gasteiger partial charge in [-0.05, 0) is 24.6 Å². The van der Waals surface area contributed by atoms with E-state index in [1.807, 2.05) is 0 Å². The van der Waals surface area contributed by atoms with Crippen molar-refractivity contribution in [1.29, 1.82) is 0 Å². The van der Waals surface area contributed by atoms with Gasteiger partial charge < -0.3 is 14.8 Å². The largest absolute Gasteiger partial charge is 0.497 e. The van der Waals surface area contributed by atoms with E-state index in [1.54, 1.807) is 50.1 Å². The molecule has 2 aromatic carbocycles. The molecule has 0 fully saturated rings. The number of hydrogen-bond acceptors (Lipinski definition) is 7. The number of thiophene rings is 1. The Morgan fingerprint density at radius 2 is 1.90 bits per heavy atom. The lowest BCUT2D eigenvalue weighted by atomic mass is 10.1. The highest BCUT2D eigenvalue weighted by Gasteiger charge is 2.15. The normalized spacial score (nSPS) is 10.8. The van der Waals surface area contributed by atoms with E-state index in [4.69, 9.17) is 9.47 Å². The molecule has 0 saturated carbocycles. The molecule has 0 unspecified atom stereocenters. The highest BCUT2D eigenvalue weighted by atomic mass is 32.2. The van der Waals surface area contributed by atoms with Gasteiger partial charge in [0.2, 0.25) is 5.91 Å². The van der Waals surface area contributed by atoms with Gasteiger partial charge in [-0.2, -0.15) is 0 Å². The summed E-state index contributed by atoms with van der Waals surface area (Å²) in [5.41, 5.74) is 4.00. The van der Waals surface area contributed by atoms with Crippen molar-refractivity contribution < 1.29 is 14.3 Å². The molecule has 1 N–H and O–H groups in total. The Hall–Kier alpha value is -3.10. The second kappa shape index (κ2) is 9.36. The smallest absolute Gasteiger partial charge is 0.234 e. The van der Waals surface area contributed by atoms with Gasteiger partial charge in [-0.15, -0.1) is 11.3 Å². The second-order valence-electron chi connectivity index (χ2n) is 6.78. The molecule has 6 nitrogen and oxygen atoms in total. The number of carbonyl (C=O) groups excluding carboxylic acids is 1. The maximum atomic E-state index is 12.6. The predicted molar refractivity (Wildman–Crippen MR) is 126 cm³/mol. The van der Waals surface area contributed by atoms with E-state index in [2.05, 4.69) is 51.9 Å². The Balaban J connectivity index is 1.53. The first-order valence-corrected chi connectivity index (χ1v) is 11.4. The van der Waals surface area contributed by atoms with Gasteiger partial charge in [0.1, 0.15) is 27.7 Å². The Kier molecular flexibility index (Phi) is 6.39. The molecule has 0 saturated heterocycles. The van der Waals surface area contributed by atoms with Crippen molar-refractivity contribution in [3.63, 3.8) is 0 Å². The van der Waals surface area contributed by atoms with Crippen molar-refractivity contribution in [3.05, 3.63) is 59.7 Å². The van der Waals surface area contributed by atoms with E-state index < -0.39 is 0 Å². The fourth-order valence-corrected chi connectivity index (χ4v) is 4.92. The van der Waals surface area contributed by atoms with Crippen LogP contribution in [0.25, 0.3) is 21.3 Å². The molecule has 0 atom stereocenters. The van der Waals surface area contributed by atoms with Gasteiger partial charge in [0, 0.05) is 17.0 Å². The third-order valence-corrected chi connectivity index (χ3v) is 6.60. The van der Waals surface area contributed by atoms with Crippen LogP contribution in [0.5, 0.6) is 11.5 Å². The number of thioether (sulfide) groups is 1. The maximum absolute atomic E-state index is 12.6. The van der Waals surface area contributed by atoms with Gasteiger partial charge in [0.15, 0.2) is 0 Å². The molecule has 0 radical (unpaired) electrons. The van der Waals surface area contributed by atoms with Crippen molar-refractivity contribution >= 4 is 44.9 Å². The fraction of sp³-hybridized carbons (Fsp3) is 0.174. The second-order valence-corrected chi connectivity index (χ2v) is 8.60. The van der Waals surface area contributed by atoms with Crippen LogP contribution in [-0.4, -0.2) is 35.8 Å². The summed E-state index contributed by atoms with van der Waals surface area (Å²) in [6.45, 7) is 2.07. The number of methoxy groups -OCH3 is 2. The predicted octanol–water partition coefficient (Wildman–Crippen LogP) is 5.41. The maximum Gasteiger partial charge on any atom is 0.234 e. The molecule has 8 heteroatoms. The van der Waals surface area contributed by atoms with Crippen LogP contribution < -0.4 is 14.8 Å². The van der Waals surface area contributed by atoms with E-state index >= 15 is 0 Å². The average Bonchev–Trinajstić information content (AvgIpc) is 3.23. The minimum absolute atomic E-state index is 0.146. The summed E-state index contributed by atoms with van der Waals surface area (Å²) in [6, 6.07) is 13.6. The third-order valence-electron chi connectivity index (χ3n) is 4.72. The molecule has 2 aromatic heterocycles. The van der Waals surface area contributed by atoms with Crippen LogP contribution in [0.4, 0.5) is 5.69 Å². The number of rotatable bonds is 7. The number of aryl methyl sites for hydroxylation is 1. The van der Waals surface area contributed by atoms with Gasteiger partial charge in [0.25, 0.3) is 0 Å². The lowest BCUT2D eigenvalue weighted by Crippen LogP contribution is -2.14. The monoisotopic (exact) mass is 451 g/mol. The first-order chi connectivity index (χ1) is 15.1. The van der Waals surface area contributed by atoms with Crippen LogP contribution in [0, 0.1) is 6.92 Å². The van der Waals surface area contributed by atoms with Gasteiger partial charge in [0.05, 0.1) is 31.0 Å². The van der Waals surface area contributed by atoms with Crippen LogP contribution in [0.3, 0.4) is 0 Å². The lowest BCUT2D eigenvalue weighted by Gasteiger charge is -2.11. The molecule has 0 aliphatic rings. The number of hydrogen-bond donors (Lipinski definition) is 1. The van der Waals surface area contributed by atoms with Crippen LogP contribution in [0.1, 0.15) is 5.56 Å². The highest BCUT2D eigenvalue weighted by Crippen LogP contribution is 2.38. The molecule has 4 aromatic rings. The number of carbonyl (C=O) groups is 1. The molecule has 2 heterocycles. The average molecular weight is 452 g/mol. The van der Waals surface area contributed by atoms with E-state index in [1.165, 1.54) is 17.3 Å². The summed E-state index contributed by atoms with van der Waals surface area (Å²) in [5.74, 6) is 1.27. The first-order valence-electron chi connectivity index (χ1n) is 9.53. The Labute approximate surface area is 188 Å². The number of nitrogens with zero attached hydrogens (tertiary/aromatic N) is 2. The molecule has 0 bridgehead atoms. The van der Waals surface area contributed by atoms with Gasteiger partial charge in [-0.3, -0.25) is 4.79 Å². The molecule has 158 valence electrons. The van der Waals surface area contributed by atoms with Crippen LogP contribution >= 0.6 is 23.1 Å². The topological polar surface area (TPSA) is 73.3 Å². The third kappa shape index (κ3) is 4.65. The van der Waals surface area contributed by atoms with Crippen molar-refractivity contribution in [1.82, 2.24) is 9.97 Å². The van der Waals surface area contributed by atoms with E-state index in [-0.39, 0.29) is 11.7 Å². The van der Waals surface area contributed by atoms with E-state index in [0.717, 1.165) is 26.4 Å². The number of fused-ring (bicyclic) bond motifs is 1. The Morgan fingerprint density at radius 3 is 2.65 bits per heavy atom. The lowest BCUT2D eigenvalue weighted by molar-refractivity contribution is -0.113. The number of nitrogens with one attached hydrogen (secondary N) is 1. The molecular weight excluding hydrogens is 430 g/mol. The SMILES string of the molecule is COc1ccc(NC(=O)CSc2ncnc3scc(-c4ccc(C)cc4)c23)c(OC)c1. The van der Waals surface area contributed by atoms with Crippen molar-refractivity contribution in [3.8, 4) is 22.6 Å². The van der Waals surface area contributed by atoms with Crippen LogP contribution in [-0.2, 0) is 4.79 Å². The zero-order chi connectivity index (χ0) is 21.8. The fourth-order valence-electron chi connectivity index (χ4n) is 3.12. The highest BCUT2D eigenvalue weighted by molar-refractivity contribution is 8.00. The number of anilines is 1. The van der Waals surface area contributed by atoms with Crippen molar-refractivity contribution in [2.75, 3.05) is 25.3 Å². The molecule has 0 aliphatic heterocycles. The number of aromatic nitrogens is 2. The first kappa shape index (κ1) is 21.1. The van der Waals surface area contributed by atoms with Crippen molar-refractivity contribution in [2.45, 2.75) is 11.9 Å². The molecule has 31 heavy (non-hydrogen) atoms. The van der Waals surface area contributed by atoms with Crippen LogP contribution in [0.15, 0.2) is 59.2 Å². The zero-order valence-electron chi connectivity index (χ0n) is 17.3.